The highest BCUT2D eigenvalue weighted by Gasteiger charge is 2.45. The number of para-hydroxylation sites is 1. The zero-order valence-electron chi connectivity index (χ0n) is 30.1. The van der Waals surface area contributed by atoms with Crippen LogP contribution in [0, 0.1) is 11.6 Å². The number of hydrogen-bond acceptors (Lipinski definition) is 11. The number of imide groups is 2. The molecule has 3 aliphatic rings. The first-order chi connectivity index (χ1) is 27.2. The number of nitrogens with zero attached hydrogens (tertiary/aromatic N) is 4. The molecule has 2 saturated heterocycles. The number of alkyl halides is 3. The van der Waals surface area contributed by atoms with Gasteiger partial charge in [0.05, 0.1) is 28.1 Å². The third-order valence-electron chi connectivity index (χ3n) is 9.98. The molecule has 3 aromatic carbocycles. The van der Waals surface area contributed by atoms with Gasteiger partial charge in [-0.15, -0.1) is 0 Å². The molecule has 57 heavy (non-hydrogen) atoms. The maximum Gasteiger partial charge on any atom is 0.421 e. The third-order valence-corrected chi connectivity index (χ3v) is 9.98. The van der Waals surface area contributed by atoms with E-state index in [0.29, 0.717) is 37.7 Å². The number of halogens is 5. The Morgan fingerprint density at radius 1 is 0.912 bits per heavy atom. The van der Waals surface area contributed by atoms with Gasteiger partial charge in [-0.2, -0.15) is 18.2 Å². The SMILES string of the molecule is CNC(=O)c1ccccc1Nc1nc(Nc2ccc(CNC3CCN(c4cc5c(cc4F)C(=O)N(C4CCC(=O)NC4=O)C5=O)CC3)c(F)c2)ncc1C(F)(F)F. The van der Waals surface area contributed by atoms with Gasteiger partial charge in [-0.05, 0) is 55.7 Å². The number of anilines is 5. The number of hydrogen-bond donors (Lipinski definition) is 5. The Morgan fingerprint density at radius 3 is 2.32 bits per heavy atom. The molecule has 0 spiro atoms. The first-order valence-electron chi connectivity index (χ1n) is 17.8. The van der Waals surface area contributed by atoms with E-state index in [9.17, 15) is 37.1 Å². The molecule has 4 aromatic rings. The van der Waals surface area contributed by atoms with Crippen molar-refractivity contribution in [1.29, 1.82) is 0 Å². The topological polar surface area (TPSA) is 178 Å². The Morgan fingerprint density at radius 2 is 1.63 bits per heavy atom. The van der Waals surface area contributed by atoms with Crippen molar-refractivity contribution in [1.82, 2.24) is 30.8 Å². The molecule has 0 aliphatic carbocycles. The zero-order chi connectivity index (χ0) is 40.6. The number of fused-ring (bicyclic) bond motifs is 1. The molecule has 2 fully saturated rings. The first-order valence-corrected chi connectivity index (χ1v) is 17.8. The molecule has 1 unspecified atom stereocenters. The van der Waals surface area contributed by atoms with E-state index in [2.05, 4.69) is 36.6 Å². The van der Waals surface area contributed by atoms with E-state index in [1.807, 2.05) is 0 Å². The Balaban J connectivity index is 0.966. The van der Waals surface area contributed by atoms with E-state index in [0.717, 1.165) is 17.0 Å². The van der Waals surface area contributed by atoms with Crippen molar-refractivity contribution in [3.63, 3.8) is 0 Å². The highest BCUT2D eigenvalue weighted by Crippen LogP contribution is 2.37. The molecule has 1 aromatic heterocycles. The minimum absolute atomic E-state index is 0.0210. The molecule has 4 heterocycles. The van der Waals surface area contributed by atoms with Crippen molar-refractivity contribution in [2.75, 3.05) is 35.7 Å². The van der Waals surface area contributed by atoms with Gasteiger partial charge in [0.2, 0.25) is 17.8 Å². The minimum Gasteiger partial charge on any atom is -0.369 e. The number of nitrogens with one attached hydrogen (secondary N) is 5. The van der Waals surface area contributed by atoms with E-state index in [1.54, 1.807) is 11.0 Å². The summed E-state index contributed by atoms with van der Waals surface area (Å²) in [5, 5.41) is 13.1. The van der Waals surface area contributed by atoms with Crippen LogP contribution in [0.3, 0.4) is 0 Å². The maximum absolute atomic E-state index is 15.4. The Kier molecular flexibility index (Phi) is 10.6. The number of amides is 5. The summed E-state index contributed by atoms with van der Waals surface area (Å²) in [6.07, 6.45) is -3.25. The van der Waals surface area contributed by atoms with Gasteiger partial charge in [0, 0.05) is 56.6 Å². The number of aromatic nitrogens is 2. The Labute approximate surface area is 321 Å². The van der Waals surface area contributed by atoms with Gasteiger partial charge in [0.1, 0.15) is 29.1 Å². The third kappa shape index (κ3) is 7.95. The number of carbonyl (C=O) groups excluding carboxylic acids is 5. The number of carbonyl (C=O) groups is 5. The fourth-order valence-electron chi connectivity index (χ4n) is 6.99. The molecule has 14 nitrogen and oxygen atoms in total. The maximum atomic E-state index is 15.4. The molecule has 296 valence electrons. The number of rotatable bonds is 10. The molecule has 0 radical (unpaired) electrons. The summed E-state index contributed by atoms with van der Waals surface area (Å²) in [7, 11) is 1.39. The van der Waals surface area contributed by atoms with Crippen molar-refractivity contribution < 1.29 is 45.9 Å². The van der Waals surface area contributed by atoms with Crippen LogP contribution in [0.4, 0.5) is 50.8 Å². The van der Waals surface area contributed by atoms with Crippen molar-refractivity contribution in [3.05, 3.63) is 100 Å². The molecule has 7 rings (SSSR count). The van der Waals surface area contributed by atoms with Crippen molar-refractivity contribution >= 4 is 58.4 Å². The van der Waals surface area contributed by atoms with Gasteiger partial charge < -0.3 is 26.2 Å². The second-order valence-electron chi connectivity index (χ2n) is 13.6. The van der Waals surface area contributed by atoms with Crippen molar-refractivity contribution in [3.8, 4) is 0 Å². The smallest absolute Gasteiger partial charge is 0.369 e. The molecule has 19 heteroatoms. The molecular formula is C38H34F5N9O5. The average molecular weight is 792 g/mol. The van der Waals surface area contributed by atoms with Gasteiger partial charge in [-0.25, -0.2) is 13.8 Å². The van der Waals surface area contributed by atoms with Crippen LogP contribution in [0.5, 0.6) is 0 Å². The van der Waals surface area contributed by atoms with Gasteiger partial charge in [-0.1, -0.05) is 18.2 Å². The van der Waals surface area contributed by atoms with Crippen LogP contribution in [0.2, 0.25) is 0 Å². The molecule has 5 amide bonds. The summed E-state index contributed by atoms with van der Waals surface area (Å²) in [4.78, 5) is 72.8. The molecule has 5 N–H and O–H groups in total. The van der Waals surface area contributed by atoms with Gasteiger partial charge in [0.25, 0.3) is 17.7 Å². The van der Waals surface area contributed by atoms with Crippen LogP contribution < -0.4 is 31.5 Å². The fraction of sp³-hybridized carbons (Fsp3) is 0.289. The quantitative estimate of drug-likeness (QED) is 0.110. The number of benzene rings is 3. The largest absolute Gasteiger partial charge is 0.421 e. The number of piperidine rings is 2. The molecular weight excluding hydrogens is 757 g/mol. The van der Waals surface area contributed by atoms with Crippen LogP contribution in [0.1, 0.15) is 67.9 Å². The summed E-state index contributed by atoms with van der Waals surface area (Å²) < 4.78 is 72.2. The van der Waals surface area contributed by atoms with E-state index < -0.39 is 64.8 Å². The molecule has 0 bridgehead atoms. The molecule has 3 aliphatic heterocycles. The van der Waals surface area contributed by atoms with Gasteiger partial charge >= 0.3 is 6.18 Å². The second-order valence-corrected chi connectivity index (χ2v) is 13.6. The van der Waals surface area contributed by atoms with E-state index in [1.165, 1.54) is 43.4 Å². The monoisotopic (exact) mass is 791 g/mol. The summed E-state index contributed by atoms with van der Waals surface area (Å²) in [6, 6.07) is 11.2. The van der Waals surface area contributed by atoms with E-state index >= 15 is 8.78 Å². The second kappa shape index (κ2) is 15.6. The summed E-state index contributed by atoms with van der Waals surface area (Å²) in [6.45, 7) is 0.879. The van der Waals surface area contributed by atoms with Crippen molar-refractivity contribution in [2.45, 2.75) is 50.5 Å². The lowest BCUT2D eigenvalue weighted by Crippen LogP contribution is -2.54. The highest BCUT2D eigenvalue weighted by molar-refractivity contribution is 6.23. The van der Waals surface area contributed by atoms with Crippen LogP contribution in [0.15, 0.2) is 60.8 Å². The molecule has 0 saturated carbocycles. The van der Waals surface area contributed by atoms with E-state index in [-0.39, 0.29) is 65.1 Å². The lowest BCUT2D eigenvalue weighted by atomic mass is 10.0. The Bertz CT molecular complexity index is 2300. The predicted molar refractivity (Wildman–Crippen MR) is 195 cm³/mol. The summed E-state index contributed by atoms with van der Waals surface area (Å²) >= 11 is 0. The highest BCUT2D eigenvalue weighted by atomic mass is 19.4. The van der Waals surface area contributed by atoms with Crippen LogP contribution >= 0.6 is 0 Å². The normalized spacial score (nSPS) is 17.4. The van der Waals surface area contributed by atoms with Crippen LogP contribution in [0.25, 0.3) is 0 Å². The van der Waals surface area contributed by atoms with Crippen LogP contribution in [-0.4, -0.2) is 76.6 Å². The zero-order valence-corrected chi connectivity index (χ0v) is 30.1. The van der Waals surface area contributed by atoms with Crippen molar-refractivity contribution in [2.24, 2.45) is 0 Å². The van der Waals surface area contributed by atoms with E-state index in [4.69, 9.17) is 0 Å². The first kappa shape index (κ1) is 38.8. The molecule has 1 atom stereocenters. The van der Waals surface area contributed by atoms with Gasteiger partial charge in [-0.3, -0.25) is 34.2 Å². The minimum atomic E-state index is -4.83. The lowest BCUT2D eigenvalue weighted by Gasteiger charge is -2.34. The fourth-order valence-corrected chi connectivity index (χ4v) is 6.99. The summed E-state index contributed by atoms with van der Waals surface area (Å²) in [5.41, 5.74) is -0.604. The lowest BCUT2D eigenvalue weighted by molar-refractivity contribution is -0.138. The predicted octanol–water partition coefficient (Wildman–Crippen LogP) is 4.78. The standard InChI is InChI=1S/C38H34F5N9O5/c1-44-33(54)22-4-2-3-5-28(22)48-32-25(38(41,42)43)18-46-37(50-32)47-21-7-6-19(26(39)14-21)17-45-20-10-12-51(13-11-20)30-16-24-23(15-27(30)40)35(56)52(36(24)57)29-8-9-31(53)49-34(29)55/h2-7,14-16,18,20,29,45H,8-13,17H2,1H3,(H,44,54)(H,49,53,55)(H2,46,47,48,50). The van der Waals surface area contributed by atoms with Crippen LogP contribution in [-0.2, 0) is 22.3 Å². The summed E-state index contributed by atoms with van der Waals surface area (Å²) in [5.74, 6) is -5.53. The Hall–Kier alpha value is -6.50. The average Bonchev–Trinajstić information content (AvgIpc) is 3.41. The van der Waals surface area contributed by atoms with Gasteiger partial charge in [0.15, 0.2) is 0 Å².